The van der Waals surface area contributed by atoms with Crippen LogP contribution in [0, 0.1) is 0 Å². The van der Waals surface area contributed by atoms with E-state index in [0.717, 1.165) is 40.3 Å². The molecule has 0 aliphatic carbocycles. The zero-order valence-corrected chi connectivity index (χ0v) is 32.9. The Kier molecular flexibility index (Phi) is 11.7. The summed E-state index contributed by atoms with van der Waals surface area (Å²) < 4.78 is 58.1. The lowest BCUT2D eigenvalue weighted by atomic mass is 9.81. The number of likely N-dealkylation sites (N-methyl/N-ethyl adjacent to an activating group) is 1. The number of rotatable bonds is 14. The predicted octanol–water partition coefficient (Wildman–Crippen LogP) is 6.40. The van der Waals surface area contributed by atoms with Crippen LogP contribution in [0.25, 0.3) is 0 Å². The van der Waals surface area contributed by atoms with Crippen molar-refractivity contribution in [3.63, 3.8) is 0 Å². The summed E-state index contributed by atoms with van der Waals surface area (Å²) in [5.74, 6) is 1.80. The highest BCUT2D eigenvalue weighted by Crippen LogP contribution is 2.48. The number of nitrogens with zero attached hydrogens (tertiary/aromatic N) is 3. The van der Waals surface area contributed by atoms with Gasteiger partial charge in [-0.3, -0.25) is 14.1 Å². The van der Waals surface area contributed by atoms with Gasteiger partial charge in [-0.1, -0.05) is 44.2 Å². The summed E-state index contributed by atoms with van der Waals surface area (Å²) in [7, 11) is -7.76. The Bertz CT molecular complexity index is 2230. The second-order valence-electron chi connectivity index (χ2n) is 14.5. The molecule has 12 nitrogen and oxygen atoms in total. The molecule has 0 radical (unpaired) electrons. The van der Waals surface area contributed by atoms with Crippen molar-refractivity contribution in [2.24, 2.45) is 0 Å². The van der Waals surface area contributed by atoms with E-state index in [0.29, 0.717) is 31.0 Å². The SMILES string of the molecule is C=S(=O)(O)c1ccc2c(c1)C(C)(C)C(/C=C/C=C/C=C/C=C1/N(CC)c3ccc(S(=O)(=O)O)cc3C1(C)C)=[N+]2CCCCCC(=O)ON1C(=O)CCC1=O. The van der Waals surface area contributed by atoms with Gasteiger partial charge in [0.1, 0.15) is 16.3 Å². The number of amides is 2. The zero-order chi connectivity index (χ0) is 39.6. The lowest BCUT2D eigenvalue weighted by molar-refractivity contribution is -0.438. The number of hydroxylamine groups is 2. The first-order valence-corrected chi connectivity index (χ1v) is 21.0. The highest BCUT2D eigenvalue weighted by Gasteiger charge is 2.45. The van der Waals surface area contributed by atoms with Crippen molar-refractivity contribution in [3.05, 3.63) is 95.8 Å². The monoisotopic (exact) mass is 778 g/mol. The van der Waals surface area contributed by atoms with Gasteiger partial charge in [-0.05, 0) is 81.5 Å². The van der Waals surface area contributed by atoms with E-state index in [1.54, 1.807) is 18.2 Å². The fourth-order valence-electron chi connectivity index (χ4n) is 7.26. The van der Waals surface area contributed by atoms with E-state index < -0.39 is 48.5 Å². The number of anilines is 1. The van der Waals surface area contributed by atoms with Crippen molar-refractivity contribution in [2.45, 2.75) is 93.8 Å². The minimum Gasteiger partial charge on any atom is -0.344 e. The zero-order valence-electron chi connectivity index (χ0n) is 31.3. The molecule has 0 spiro atoms. The molecule has 2 amide bonds. The molecule has 3 heterocycles. The third-order valence-electron chi connectivity index (χ3n) is 10.1. The number of hydrogen-bond donors (Lipinski definition) is 2. The maximum Gasteiger partial charge on any atom is 0.333 e. The van der Waals surface area contributed by atoms with Gasteiger partial charge in [0.25, 0.3) is 21.9 Å². The van der Waals surface area contributed by atoms with E-state index >= 15 is 0 Å². The number of fused-ring (bicyclic) bond motifs is 2. The molecule has 14 heteroatoms. The van der Waals surface area contributed by atoms with Crippen LogP contribution in [0.5, 0.6) is 0 Å². The number of carbonyl (C=O) groups excluding carboxylic acids is 3. The summed E-state index contributed by atoms with van der Waals surface area (Å²) in [6, 6.07) is 9.89. The Morgan fingerprint density at radius 1 is 0.870 bits per heavy atom. The summed E-state index contributed by atoms with van der Waals surface area (Å²) in [6.07, 6.45) is 15.7. The van der Waals surface area contributed by atoms with Crippen molar-refractivity contribution in [1.82, 2.24) is 5.06 Å². The van der Waals surface area contributed by atoms with Crippen LogP contribution in [0.1, 0.15) is 84.3 Å². The van der Waals surface area contributed by atoms with Crippen LogP contribution in [0.4, 0.5) is 11.4 Å². The minimum absolute atomic E-state index is 0.0435. The molecule has 0 aromatic heterocycles. The number of imide groups is 1. The lowest BCUT2D eigenvalue weighted by Crippen LogP contribution is -2.31. The van der Waals surface area contributed by atoms with Crippen LogP contribution in [-0.2, 0) is 50.0 Å². The average molecular weight is 779 g/mol. The summed E-state index contributed by atoms with van der Waals surface area (Å²) in [5, 5.41) is 0.562. The Hall–Kier alpha value is -4.63. The third kappa shape index (κ3) is 8.36. The maximum atomic E-state index is 12.4. The van der Waals surface area contributed by atoms with Gasteiger partial charge in [-0.2, -0.15) is 13.0 Å². The fraction of sp³-hybridized carbons (Fsp3) is 0.375. The first kappa shape index (κ1) is 40.6. The Morgan fingerprint density at radius 3 is 2.15 bits per heavy atom. The molecule has 3 aliphatic rings. The average Bonchev–Trinajstić information content (AvgIpc) is 3.61. The molecule has 2 aromatic carbocycles. The van der Waals surface area contributed by atoms with Gasteiger partial charge in [0, 0.05) is 66.7 Å². The van der Waals surface area contributed by atoms with Crippen molar-refractivity contribution in [2.75, 3.05) is 18.0 Å². The summed E-state index contributed by atoms with van der Waals surface area (Å²) >= 11 is 0. The van der Waals surface area contributed by atoms with Gasteiger partial charge < -0.3 is 14.3 Å². The smallest absolute Gasteiger partial charge is 0.333 e. The van der Waals surface area contributed by atoms with E-state index in [1.165, 1.54) is 12.1 Å². The van der Waals surface area contributed by atoms with Crippen LogP contribution in [0.15, 0.2) is 94.4 Å². The molecule has 2 aromatic rings. The minimum atomic E-state index is -4.33. The standard InChI is InChI=1S/C40H47N3O9S2/c1-7-41-32-22-20-29(54(49,50)51)27-31(32)39(2,3)34(41)16-12-9-8-10-13-17-35-40(4,5)30-26-28(53(6,47)48)19-21-33(30)42(35)25-15-11-14-18-38(46)52-43-36(44)23-24-37(43)45/h8-10,12-13,16-17,19-22,26-27H,6-7,11,14-15,18,23-25H2,1-5H3,(H-,47,48,49,50,51)/p+1. The molecule has 288 valence electrons. The van der Waals surface area contributed by atoms with Crippen molar-refractivity contribution < 1.29 is 45.5 Å². The largest absolute Gasteiger partial charge is 0.344 e. The number of hydrogen-bond acceptors (Lipinski definition) is 8. The fourth-order valence-corrected chi connectivity index (χ4v) is 8.35. The van der Waals surface area contributed by atoms with E-state index in [9.17, 15) is 36.1 Å². The highest BCUT2D eigenvalue weighted by molar-refractivity contribution is 7.95. The first-order valence-electron chi connectivity index (χ1n) is 17.9. The van der Waals surface area contributed by atoms with Crippen LogP contribution in [0.2, 0.25) is 0 Å². The van der Waals surface area contributed by atoms with Crippen LogP contribution < -0.4 is 4.90 Å². The topological polar surface area (TPSA) is 162 Å². The molecule has 1 unspecified atom stereocenters. The molecular weight excluding hydrogens is 731 g/mol. The van der Waals surface area contributed by atoms with Gasteiger partial charge in [0.2, 0.25) is 5.69 Å². The Balaban J connectivity index is 1.30. The number of benzene rings is 2. The number of allylic oxidation sites excluding steroid dienone is 8. The normalized spacial score (nSPS) is 19.9. The molecule has 1 saturated heterocycles. The van der Waals surface area contributed by atoms with E-state index in [4.69, 9.17) is 4.84 Å². The Labute approximate surface area is 317 Å². The van der Waals surface area contributed by atoms with Gasteiger partial charge in [0.15, 0.2) is 5.71 Å². The molecule has 1 fully saturated rings. The molecule has 1 atom stereocenters. The van der Waals surface area contributed by atoms with E-state index in [-0.39, 0.29) is 29.1 Å². The van der Waals surface area contributed by atoms with E-state index in [1.807, 2.05) is 69.4 Å². The van der Waals surface area contributed by atoms with Gasteiger partial charge in [-0.15, -0.1) is 5.06 Å². The summed E-state index contributed by atoms with van der Waals surface area (Å²) in [4.78, 5) is 43.0. The molecule has 0 bridgehead atoms. The number of carbonyl (C=O) groups is 3. The lowest BCUT2D eigenvalue weighted by Gasteiger charge is -2.25. The second-order valence-corrected chi connectivity index (χ2v) is 17.7. The summed E-state index contributed by atoms with van der Waals surface area (Å²) in [6.45, 7) is 11.5. The third-order valence-corrected chi connectivity index (χ3v) is 12.0. The van der Waals surface area contributed by atoms with E-state index in [2.05, 4.69) is 29.2 Å². The first-order chi connectivity index (χ1) is 25.3. The van der Waals surface area contributed by atoms with Crippen molar-refractivity contribution >= 4 is 60.7 Å². The second kappa shape index (κ2) is 15.6. The predicted molar refractivity (Wildman–Crippen MR) is 209 cm³/mol. The molecule has 2 N–H and O–H groups in total. The number of unbranched alkanes of at least 4 members (excludes halogenated alkanes) is 2. The molecule has 0 saturated carbocycles. The Morgan fingerprint density at radius 2 is 1.50 bits per heavy atom. The van der Waals surface area contributed by atoms with Crippen LogP contribution in [0.3, 0.4) is 0 Å². The molecule has 3 aliphatic heterocycles. The van der Waals surface area contributed by atoms with Crippen LogP contribution >= 0.6 is 0 Å². The van der Waals surface area contributed by atoms with Crippen molar-refractivity contribution in [1.29, 1.82) is 0 Å². The molecule has 5 rings (SSSR count). The summed E-state index contributed by atoms with van der Waals surface area (Å²) in [5.41, 5.74) is 4.49. The van der Waals surface area contributed by atoms with Gasteiger partial charge in [-0.25, -0.2) is 9.00 Å². The molecule has 54 heavy (non-hydrogen) atoms. The van der Waals surface area contributed by atoms with Crippen LogP contribution in [-0.4, -0.2) is 73.8 Å². The van der Waals surface area contributed by atoms with Gasteiger partial charge >= 0.3 is 5.97 Å². The van der Waals surface area contributed by atoms with Gasteiger partial charge in [0.05, 0.1) is 15.2 Å². The molecular formula is C40H48N3O9S2+. The quantitative estimate of drug-likeness (QED) is 0.0549. The highest BCUT2D eigenvalue weighted by atomic mass is 32.2. The van der Waals surface area contributed by atoms with Crippen molar-refractivity contribution in [3.8, 4) is 0 Å². The maximum absolute atomic E-state index is 12.4.